The second-order valence-corrected chi connectivity index (χ2v) is 6.57. The molecule has 1 fully saturated rings. The topological polar surface area (TPSA) is 46.3 Å². The number of carbonyl (C=O) groups excluding carboxylic acids is 1. The molecule has 1 amide bonds. The van der Waals surface area contributed by atoms with E-state index in [-0.39, 0.29) is 11.9 Å². The molecule has 1 aliphatic rings. The molecular formula is C20H24N2O. The first-order valence-corrected chi connectivity index (χ1v) is 8.27. The predicted octanol–water partition coefficient (Wildman–Crippen LogP) is 4.02. The van der Waals surface area contributed by atoms with E-state index in [1.54, 1.807) is 6.07 Å². The highest BCUT2D eigenvalue weighted by molar-refractivity contribution is 5.96. The van der Waals surface area contributed by atoms with E-state index >= 15 is 0 Å². The quantitative estimate of drug-likeness (QED) is 0.848. The van der Waals surface area contributed by atoms with E-state index in [9.17, 15) is 4.79 Å². The minimum Gasteiger partial charge on any atom is -0.399 e. The second kappa shape index (κ2) is 6.45. The molecule has 1 unspecified atom stereocenters. The number of aryl methyl sites for hydroxylation is 1. The van der Waals surface area contributed by atoms with Gasteiger partial charge >= 0.3 is 0 Å². The first-order chi connectivity index (χ1) is 11.1. The van der Waals surface area contributed by atoms with Gasteiger partial charge in [-0.3, -0.25) is 4.79 Å². The van der Waals surface area contributed by atoms with Crippen LogP contribution >= 0.6 is 0 Å². The zero-order valence-corrected chi connectivity index (χ0v) is 13.8. The summed E-state index contributed by atoms with van der Waals surface area (Å²) in [6, 6.07) is 16.0. The molecule has 0 spiro atoms. The molecule has 0 bridgehead atoms. The Morgan fingerprint density at radius 2 is 1.91 bits per heavy atom. The highest BCUT2D eigenvalue weighted by Gasteiger charge is 2.35. The molecule has 2 aromatic carbocycles. The van der Waals surface area contributed by atoms with Crippen LogP contribution in [0, 0.1) is 12.8 Å². The standard InChI is InChI=1S/C20H24N2O/c1-14-8-11-18(21)12-19(14)20(23)22(15(2)17-9-10-17)13-16-6-4-3-5-7-16/h3-8,11-12,15,17H,9-10,13,21H2,1-2H3. The van der Waals surface area contributed by atoms with E-state index in [1.807, 2.05) is 42.2 Å². The van der Waals surface area contributed by atoms with Crippen molar-refractivity contribution in [3.63, 3.8) is 0 Å². The lowest BCUT2D eigenvalue weighted by molar-refractivity contribution is 0.0653. The largest absolute Gasteiger partial charge is 0.399 e. The Kier molecular flexibility index (Phi) is 4.37. The normalized spacial score (nSPS) is 15.2. The van der Waals surface area contributed by atoms with Gasteiger partial charge in [0.2, 0.25) is 0 Å². The predicted molar refractivity (Wildman–Crippen MR) is 94.1 cm³/mol. The lowest BCUT2D eigenvalue weighted by Gasteiger charge is -2.30. The molecule has 3 rings (SSSR count). The Labute approximate surface area is 138 Å². The van der Waals surface area contributed by atoms with Gasteiger partial charge in [-0.2, -0.15) is 0 Å². The number of amides is 1. The highest BCUT2D eigenvalue weighted by Crippen LogP contribution is 2.36. The van der Waals surface area contributed by atoms with Gasteiger partial charge in [-0.15, -0.1) is 0 Å². The molecule has 3 nitrogen and oxygen atoms in total. The summed E-state index contributed by atoms with van der Waals surface area (Å²) in [5, 5.41) is 0. The van der Waals surface area contributed by atoms with Gasteiger partial charge in [0.15, 0.2) is 0 Å². The van der Waals surface area contributed by atoms with Crippen LogP contribution in [0.4, 0.5) is 5.69 Å². The lowest BCUT2D eigenvalue weighted by atomic mass is 10.0. The average molecular weight is 308 g/mol. The summed E-state index contributed by atoms with van der Waals surface area (Å²) in [7, 11) is 0. The maximum Gasteiger partial charge on any atom is 0.254 e. The van der Waals surface area contributed by atoms with Crippen molar-refractivity contribution in [1.29, 1.82) is 0 Å². The van der Waals surface area contributed by atoms with Gasteiger partial charge in [-0.25, -0.2) is 0 Å². The second-order valence-electron chi connectivity index (χ2n) is 6.57. The van der Waals surface area contributed by atoms with Crippen LogP contribution in [0.5, 0.6) is 0 Å². The third-order valence-corrected chi connectivity index (χ3v) is 4.74. The van der Waals surface area contributed by atoms with Crippen molar-refractivity contribution in [3.8, 4) is 0 Å². The Balaban J connectivity index is 1.90. The summed E-state index contributed by atoms with van der Waals surface area (Å²) < 4.78 is 0. The van der Waals surface area contributed by atoms with Crippen LogP contribution < -0.4 is 5.73 Å². The van der Waals surface area contributed by atoms with Crippen LogP contribution in [0.3, 0.4) is 0 Å². The highest BCUT2D eigenvalue weighted by atomic mass is 16.2. The lowest BCUT2D eigenvalue weighted by Crippen LogP contribution is -2.39. The number of benzene rings is 2. The van der Waals surface area contributed by atoms with Crippen LogP contribution in [-0.2, 0) is 6.54 Å². The summed E-state index contributed by atoms with van der Waals surface area (Å²) in [6.45, 7) is 4.78. The molecule has 0 radical (unpaired) electrons. The minimum absolute atomic E-state index is 0.0815. The van der Waals surface area contributed by atoms with Crippen molar-refractivity contribution < 1.29 is 4.79 Å². The van der Waals surface area contributed by atoms with Crippen molar-refractivity contribution in [2.45, 2.75) is 39.3 Å². The molecule has 1 atom stereocenters. The number of hydrogen-bond acceptors (Lipinski definition) is 2. The SMILES string of the molecule is Cc1ccc(N)cc1C(=O)N(Cc1ccccc1)C(C)C1CC1. The van der Waals surface area contributed by atoms with Crippen LogP contribution in [0.15, 0.2) is 48.5 Å². The first kappa shape index (κ1) is 15.6. The molecule has 0 saturated heterocycles. The van der Waals surface area contributed by atoms with Gasteiger partial charge < -0.3 is 10.6 Å². The van der Waals surface area contributed by atoms with E-state index in [2.05, 4.69) is 19.1 Å². The fourth-order valence-corrected chi connectivity index (χ4v) is 3.04. The van der Waals surface area contributed by atoms with Gasteiger partial charge in [-0.05, 0) is 55.9 Å². The zero-order valence-electron chi connectivity index (χ0n) is 13.8. The molecular weight excluding hydrogens is 284 g/mol. The Hall–Kier alpha value is -2.29. The third-order valence-electron chi connectivity index (χ3n) is 4.74. The molecule has 0 aromatic heterocycles. The van der Waals surface area contributed by atoms with Gasteiger partial charge in [0, 0.05) is 23.8 Å². The van der Waals surface area contributed by atoms with Gasteiger partial charge in [0.25, 0.3) is 5.91 Å². The molecule has 23 heavy (non-hydrogen) atoms. The zero-order chi connectivity index (χ0) is 16.4. The number of carbonyl (C=O) groups is 1. The summed E-state index contributed by atoms with van der Waals surface area (Å²) in [5.74, 6) is 0.710. The average Bonchev–Trinajstić information content (AvgIpc) is 3.39. The van der Waals surface area contributed by atoms with Crippen LogP contribution in [-0.4, -0.2) is 16.8 Å². The summed E-state index contributed by atoms with van der Waals surface area (Å²) in [4.78, 5) is 15.2. The summed E-state index contributed by atoms with van der Waals surface area (Å²) in [5.41, 5.74) is 9.39. The van der Waals surface area contributed by atoms with Crippen molar-refractivity contribution >= 4 is 11.6 Å². The van der Waals surface area contributed by atoms with Crippen molar-refractivity contribution in [2.75, 3.05) is 5.73 Å². The van der Waals surface area contributed by atoms with Gasteiger partial charge in [0.1, 0.15) is 0 Å². The Bertz CT molecular complexity index is 692. The molecule has 120 valence electrons. The fraction of sp³-hybridized carbons (Fsp3) is 0.350. The third kappa shape index (κ3) is 3.55. The van der Waals surface area contributed by atoms with E-state index in [0.717, 1.165) is 11.1 Å². The number of hydrogen-bond donors (Lipinski definition) is 1. The Morgan fingerprint density at radius 1 is 1.22 bits per heavy atom. The van der Waals surface area contributed by atoms with Crippen LogP contribution in [0.2, 0.25) is 0 Å². The van der Waals surface area contributed by atoms with Gasteiger partial charge in [-0.1, -0.05) is 36.4 Å². The van der Waals surface area contributed by atoms with E-state index < -0.39 is 0 Å². The maximum atomic E-state index is 13.2. The van der Waals surface area contributed by atoms with E-state index in [1.165, 1.54) is 12.8 Å². The number of rotatable bonds is 5. The van der Waals surface area contributed by atoms with Crippen molar-refractivity contribution in [3.05, 3.63) is 65.2 Å². The molecule has 2 aromatic rings. The molecule has 1 saturated carbocycles. The number of nitrogens with zero attached hydrogens (tertiary/aromatic N) is 1. The number of nitrogens with two attached hydrogens (primary N) is 1. The van der Waals surface area contributed by atoms with E-state index in [0.29, 0.717) is 23.7 Å². The molecule has 3 heteroatoms. The van der Waals surface area contributed by atoms with Crippen molar-refractivity contribution in [2.24, 2.45) is 5.92 Å². The Morgan fingerprint density at radius 3 is 2.57 bits per heavy atom. The first-order valence-electron chi connectivity index (χ1n) is 8.27. The smallest absolute Gasteiger partial charge is 0.254 e. The number of anilines is 1. The van der Waals surface area contributed by atoms with Crippen LogP contribution in [0.25, 0.3) is 0 Å². The summed E-state index contributed by atoms with van der Waals surface area (Å²) >= 11 is 0. The van der Waals surface area contributed by atoms with Crippen molar-refractivity contribution in [1.82, 2.24) is 4.90 Å². The minimum atomic E-state index is 0.0815. The van der Waals surface area contributed by atoms with Gasteiger partial charge in [0.05, 0.1) is 0 Å². The maximum absolute atomic E-state index is 13.2. The summed E-state index contributed by atoms with van der Waals surface area (Å²) in [6.07, 6.45) is 2.44. The molecule has 0 aliphatic heterocycles. The number of nitrogen functional groups attached to an aromatic ring is 1. The molecule has 1 aliphatic carbocycles. The fourth-order valence-electron chi connectivity index (χ4n) is 3.04. The molecule has 0 heterocycles. The molecule has 2 N–H and O–H groups in total. The van der Waals surface area contributed by atoms with E-state index in [4.69, 9.17) is 5.73 Å². The van der Waals surface area contributed by atoms with Crippen LogP contribution in [0.1, 0.15) is 41.3 Å². The monoisotopic (exact) mass is 308 g/mol.